The molecule has 1 aromatic carbocycles. The van der Waals surface area contributed by atoms with Crippen LogP contribution >= 0.6 is 0 Å². The maximum absolute atomic E-state index is 13.2. The van der Waals surface area contributed by atoms with Gasteiger partial charge in [-0.2, -0.15) is 0 Å². The fourth-order valence-electron chi connectivity index (χ4n) is 3.67. The second-order valence-electron chi connectivity index (χ2n) is 7.13. The molecule has 0 bridgehead atoms. The van der Waals surface area contributed by atoms with Crippen LogP contribution in [0.1, 0.15) is 39.8 Å². The van der Waals surface area contributed by atoms with Crippen LogP contribution < -0.4 is 0 Å². The monoisotopic (exact) mass is 353 g/mol. The fourth-order valence-corrected chi connectivity index (χ4v) is 3.67. The van der Waals surface area contributed by atoms with Crippen molar-refractivity contribution in [2.75, 3.05) is 26.2 Å². The summed E-state index contributed by atoms with van der Waals surface area (Å²) >= 11 is 0. The largest absolute Gasteiger partial charge is 0.339 e. The highest BCUT2D eigenvalue weighted by Gasteiger charge is 2.27. The van der Waals surface area contributed by atoms with Crippen LogP contribution in [-0.4, -0.2) is 52.4 Å². The predicted molar refractivity (Wildman–Crippen MR) is 102 cm³/mol. The number of hydrogen-bond acceptors (Lipinski definition) is 2. The molecule has 2 heterocycles. The second kappa shape index (κ2) is 7.36. The van der Waals surface area contributed by atoms with E-state index in [0.29, 0.717) is 32.7 Å². The van der Waals surface area contributed by atoms with E-state index in [0.717, 1.165) is 17.0 Å². The number of aryl methyl sites for hydroxylation is 3. The third-order valence-electron chi connectivity index (χ3n) is 5.30. The van der Waals surface area contributed by atoms with E-state index >= 15 is 0 Å². The molecule has 1 saturated heterocycles. The van der Waals surface area contributed by atoms with Gasteiger partial charge in [-0.15, -0.1) is 0 Å². The number of carbonyl (C=O) groups is 2. The summed E-state index contributed by atoms with van der Waals surface area (Å²) < 4.78 is 2.12. The first-order valence-corrected chi connectivity index (χ1v) is 9.14. The van der Waals surface area contributed by atoms with Gasteiger partial charge in [0.05, 0.1) is 0 Å². The average molecular weight is 353 g/mol. The normalized spacial score (nSPS) is 14.6. The number of benzene rings is 1. The maximum atomic E-state index is 13.2. The van der Waals surface area contributed by atoms with Crippen molar-refractivity contribution in [3.63, 3.8) is 0 Å². The van der Waals surface area contributed by atoms with Gasteiger partial charge in [0.2, 0.25) is 5.91 Å². The number of amides is 2. The van der Waals surface area contributed by atoms with E-state index in [-0.39, 0.29) is 11.8 Å². The zero-order valence-corrected chi connectivity index (χ0v) is 16.1. The molecule has 0 spiro atoms. The zero-order chi connectivity index (χ0) is 18.8. The molecule has 0 saturated carbocycles. The van der Waals surface area contributed by atoms with Crippen LogP contribution in [0.25, 0.3) is 0 Å². The summed E-state index contributed by atoms with van der Waals surface area (Å²) in [5, 5.41) is 0. The van der Waals surface area contributed by atoms with Crippen LogP contribution in [0.3, 0.4) is 0 Å². The van der Waals surface area contributed by atoms with Crippen molar-refractivity contribution < 1.29 is 9.59 Å². The Bertz CT molecular complexity index is 830. The molecule has 1 fully saturated rings. The van der Waals surface area contributed by atoms with Crippen LogP contribution in [0, 0.1) is 20.8 Å². The van der Waals surface area contributed by atoms with Gasteiger partial charge < -0.3 is 14.4 Å². The minimum Gasteiger partial charge on any atom is -0.339 e. The van der Waals surface area contributed by atoms with E-state index in [1.807, 2.05) is 24.0 Å². The number of nitrogens with zero attached hydrogens (tertiary/aromatic N) is 3. The van der Waals surface area contributed by atoms with Gasteiger partial charge in [-0.3, -0.25) is 9.59 Å². The first-order chi connectivity index (χ1) is 12.4. The summed E-state index contributed by atoms with van der Waals surface area (Å²) in [5.74, 6) is 0.138. The highest BCUT2D eigenvalue weighted by Crippen LogP contribution is 2.21. The highest BCUT2D eigenvalue weighted by molar-refractivity contribution is 5.94. The Balaban J connectivity index is 1.85. The second-order valence-corrected chi connectivity index (χ2v) is 7.13. The number of rotatable bonds is 3. The van der Waals surface area contributed by atoms with Crippen LogP contribution in [0.2, 0.25) is 0 Å². The summed E-state index contributed by atoms with van der Waals surface area (Å²) in [6.07, 6.45) is 0. The first-order valence-electron chi connectivity index (χ1n) is 9.14. The maximum Gasteiger partial charge on any atom is 0.270 e. The summed E-state index contributed by atoms with van der Waals surface area (Å²) in [5.41, 5.74) is 5.32. The van der Waals surface area contributed by atoms with Crippen molar-refractivity contribution in [2.24, 2.45) is 0 Å². The molecular formula is C21H27N3O2. The first kappa shape index (κ1) is 18.2. The lowest BCUT2D eigenvalue weighted by Gasteiger charge is -2.34. The quantitative estimate of drug-likeness (QED) is 0.852. The van der Waals surface area contributed by atoms with E-state index in [1.165, 1.54) is 11.1 Å². The number of carbonyl (C=O) groups excluding carboxylic acids is 2. The van der Waals surface area contributed by atoms with E-state index in [2.05, 4.69) is 36.6 Å². The Morgan fingerprint density at radius 2 is 1.54 bits per heavy atom. The number of piperazine rings is 1. The summed E-state index contributed by atoms with van der Waals surface area (Å²) in [7, 11) is 0. The van der Waals surface area contributed by atoms with E-state index in [4.69, 9.17) is 0 Å². The third-order valence-corrected chi connectivity index (χ3v) is 5.30. The van der Waals surface area contributed by atoms with Gasteiger partial charge in [0.15, 0.2) is 0 Å². The van der Waals surface area contributed by atoms with Crippen LogP contribution in [0.4, 0.5) is 0 Å². The van der Waals surface area contributed by atoms with Gasteiger partial charge in [0.1, 0.15) is 5.69 Å². The standard InChI is InChI=1S/C21H27N3O2/c1-15-7-5-6-8-19(15)14-24-17(3)13-16(2)20(24)21(26)23-11-9-22(10-12-23)18(4)25/h5-8,13H,9-12,14H2,1-4H3. The molecule has 0 atom stereocenters. The van der Waals surface area contributed by atoms with Gasteiger partial charge in [0.25, 0.3) is 5.91 Å². The van der Waals surface area contributed by atoms with Crippen molar-refractivity contribution in [1.29, 1.82) is 0 Å². The summed E-state index contributed by atoms with van der Waals surface area (Å²) in [4.78, 5) is 28.4. The topological polar surface area (TPSA) is 45.6 Å². The van der Waals surface area contributed by atoms with Crippen LogP contribution in [0.15, 0.2) is 30.3 Å². The molecular weight excluding hydrogens is 326 g/mol. The van der Waals surface area contributed by atoms with E-state index < -0.39 is 0 Å². The van der Waals surface area contributed by atoms with E-state index in [1.54, 1.807) is 11.8 Å². The Morgan fingerprint density at radius 3 is 2.15 bits per heavy atom. The molecule has 5 nitrogen and oxygen atoms in total. The van der Waals surface area contributed by atoms with Gasteiger partial charge in [-0.05, 0) is 43.5 Å². The summed E-state index contributed by atoms with van der Waals surface area (Å²) in [6, 6.07) is 10.4. The molecule has 0 unspecified atom stereocenters. The van der Waals surface area contributed by atoms with Crippen molar-refractivity contribution in [2.45, 2.75) is 34.2 Å². The molecule has 1 aliphatic heterocycles. The number of hydrogen-bond donors (Lipinski definition) is 0. The smallest absolute Gasteiger partial charge is 0.270 e. The molecule has 2 aromatic rings. The third kappa shape index (κ3) is 3.52. The average Bonchev–Trinajstić information content (AvgIpc) is 2.90. The van der Waals surface area contributed by atoms with Crippen LogP contribution in [-0.2, 0) is 11.3 Å². The predicted octanol–water partition coefficient (Wildman–Crippen LogP) is 2.77. The van der Waals surface area contributed by atoms with Crippen molar-refractivity contribution in [3.8, 4) is 0 Å². The SMILES string of the molecule is CC(=O)N1CCN(C(=O)c2c(C)cc(C)n2Cc2ccccc2C)CC1. The number of aromatic nitrogens is 1. The molecule has 3 rings (SSSR count). The Kier molecular flexibility index (Phi) is 5.16. The summed E-state index contributed by atoms with van der Waals surface area (Å²) in [6.45, 7) is 10.8. The molecule has 1 aromatic heterocycles. The van der Waals surface area contributed by atoms with Gasteiger partial charge in [-0.1, -0.05) is 24.3 Å². The molecule has 0 N–H and O–H groups in total. The van der Waals surface area contributed by atoms with E-state index in [9.17, 15) is 9.59 Å². The lowest BCUT2D eigenvalue weighted by atomic mass is 10.1. The van der Waals surface area contributed by atoms with Crippen molar-refractivity contribution in [1.82, 2.24) is 14.4 Å². The highest BCUT2D eigenvalue weighted by atomic mass is 16.2. The van der Waals surface area contributed by atoms with Crippen LogP contribution in [0.5, 0.6) is 0 Å². The van der Waals surface area contributed by atoms with Gasteiger partial charge in [-0.25, -0.2) is 0 Å². The molecule has 2 amide bonds. The molecule has 0 aliphatic carbocycles. The molecule has 1 aliphatic rings. The Labute approximate surface area is 155 Å². The van der Waals surface area contributed by atoms with Gasteiger partial charge >= 0.3 is 0 Å². The Hall–Kier alpha value is -2.56. The van der Waals surface area contributed by atoms with Crippen molar-refractivity contribution >= 4 is 11.8 Å². The Morgan fingerprint density at radius 1 is 0.923 bits per heavy atom. The fraction of sp³-hybridized carbons (Fsp3) is 0.429. The molecule has 26 heavy (non-hydrogen) atoms. The van der Waals surface area contributed by atoms with Gasteiger partial charge in [0, 0.05) is 45.3 Å². The molecule has 5 heteroatoms. The van der Waals surface area contributed by atoms with Crippen molar-refractivity contribution in [3.05, 3.63) is 58.4 Å². The zero-order valence-electron chi connectivity index (χ0n) is 16.1. The minimum atomic E-state index is 0.0624. The molecule has 0 radical (unpaired) electrons. The molecule has 138 valence electrons. The lowest BCUT2D eigenvalue weighted by Crippen LogP contribution is -2.50. The lowest BCUT2D eigenvalue weighted by molar-refractivity contribution is -0.130. The minimum absolute atomic E-state index is 0.0624.